The molecule has 1 N–H and O–H groups in total. The van der Waals surface area contributed by atoms with Crippen LogP contribution in [0.3, 0.4) is 0 Å². The van der Waals surface area contributed by atoms with Crippen molar-refractivity contribution in [1.29, 1.82) is 0 Å². The van der Waals surface area contributed by atoms with Gasteiger partial charge in [0, 0.05) is 23.5 Å². The van der Waals surface area contributed by atoms with Gasteiger partial charge in [-0.1, -0.05) is 12.1 Å². The maximum atomic E-state index is 12.5. The SMILES string of the molecule is O=C(Nc1ccccc1Br)C1CCN(c2ccc(-n3cncn3)nn2)CC1. The van der Waals surface area contributed by atoms with Crippen LogP contribution in [0.5, 0.6) is 0 Å². The first-order valence-corrected chi connectivity index (χ1v) is 9.49. The fourth-order valence-electron chi connectivity index (χ4n) is 3.10. The van der Waals surface area contributed by atoms with Crippen molar-refractivity contribution in [3.63, 3.8) is 0 Å². The Balaban J connectivity index is 1.34. The standard InChI is InChI=1S/C18H18BrN7O/c19-14-3-1-2-4-15(14)22-18(27)13-7-9-25(10-8-13)16-5-6-17(24-23-16)26-12-20-11-21-26/h1-6,11-13H,7-10H2,(H,22,27). The Morgan fingerprint density at radius 1 is 1.07 bits per heavy atom. The molecule has 0 radical (unpaired) electrons. The van der Waals surface area contributed by atoms with Gasteiger partial charge in [0.25, 0.3) is 0 Å². The Kier molecular flexibility index (Phi) is 5.10. The van der Waals surface area contributed by atoms with E-state index in [-0.39, 0.29) is 11.8 Å². The van der Waals surface area contributed by atoms with E-state index in [9.17, 15) is 4.79 Å². The molecule has 27 heavy (non-hydrogen) atoms. The van der Waals surface area contributed by atoms with Gasteiger partial charge in [0.1, 0.15) is 12.7 Å². The fraction of sp³-hybridized carbons (Fsp3) is 0.278. The number of hydrogen-bond donors (Lipinski definition) is 1. The third-order valence-electron chi connectivity index (χ3n) is 4.61. The first-order chi connectivity index (χ1) is 13.2. The van der Waals surface area contributed by atoms with Crippen molar-refractivity contribution >= 4 is 33.3 Å². The molecule has 4 rings (SSSR count). The van der Waals surface area contributed by atoms with Crippen LogP contribution < -0.4 is 10.2 Å². The number of amides is 1. The summed E-state index contributed by atoms with van der Waals surface area (Å²) in [6, 6.07) is 11.4. The Hall–Kier alpha value is -2.81. The highest BCUT2D eigenvalue weighted by Crippen LogP contribution is 2.25. The minimum atomic E-state index is -0.00395. The molecule has 1 amide bonds. The number of nitrogens with zero attached hydrogens (tertiary/aromatic N) is 6. The zero-order valence-corrected chi connectivity index (χ0v) is 16.1. The van der Waals surface area contributed by atoms with Crippen molar-refractivity contribution in [2.45, 2.75) is 12.8 Å². The number of nitrogens with one attached hydrogen (secondary N) is 1. The highest BCUT2D eigenvalue weighted by Gasteiger charge is 2.26. The number of benzene rings is 1. The number of carbonyl (C=O) groups excluding carboxylic acids is 1. The maximum Gasteiger partial charge on any atom is 0.227 e. The molecule has 0 unspecified atom stereocenters. The van der Waals surface area contributed by atoms with Gasteiger partial charge >= 0.3 is 0 Å². The zero-order valence-electron chi connectivity index (χ0n) is 14.5. The third-order valence-corrected chi connectivity index (χ3v) is 5.30. The number of anilines is 2. The number of aromatic nitrogens is 5. The summed E-state index contributed by atoms with van der Waals surface area (Å²) >= 11 is 3.46. The topological polar surface area (TPSA) is 88.8 Å². The number of rotatable bonds is 4. The molecule has 3 aromatic rings. The van der Waals surface area contributed by atoms with Gasteiger partial charge in [-0.25, -0.2) is 9.67 Å². The molecule has 0 bridgehead atoms. The lowest BCUT2D eigenvalue weighted by Gasteiger charge is -2.31. The van der Waals surface area contributed by atoms with Crippen molar-refractivity contribution < 1.29 is 4.79 Å². The van der Waals surface area contributed by atoms with Crippen molar-refractivity contribution in [2.75, 3.05) is 23.3 Å². The Labute approximate surface area is 164 Å². The van der Waals surface area contributed by atoms with E-state index in [1.807, 2.05) is 36.4 Å². The predicted molar refractivity (Wildman–Crippen MR) is 105 cm³/mol. The number of hydrogen-bond acceptors (Lipinski definition) is 6. The maximum absolute atomic E-state index is 12.5. The minimum absolute atomic E-state index is 0.00395. The van der Waals surface area contributed by atoms with Crippen molar-refractivity contribution in [3.8, 4) is 5.82 Å². The summed E-state index contributed by atoms with van der Waals surface area (Å²) in [5.74, 6) is 1.49. The Morgan fingerprint density at radius 2 is 1.81 bits per heavy atom. The second-order valence-corrected chi connectivity index (χ2v) is 7.17. The van der Waals surface area contributed by atoms with Crippen LogP contribution in [-0.2, 0) is 4.79 Å². The van der Waals surface area contributed by atoms with Gasteiger partial charge in [-0.2, -0.15) is 5.10 Å². The normalized spacial score (nSPS) is 14.9. The number of piperidine rings is 1. The fourth-order valence-corrected chi connectivity index (χ4v) is 3.49. The lowest BCUT2D eigenvalue weighted by atomic mass is 9.96. The molecule has 3 heterocycles. The van der Waals surface area contributed by atoms with Gasteiger partial charge in [-0.05, 0) is 53.0 Å². The highest BCUT2D eigenvalue weighted by atomic mass is 79.9. The summed E-state index contributed by atoms with van der Waals surface area (Å²) in [5.41, 5.74) is 0.805. The van der Waals surface area contributed by atoms with Gasteiger partial charge in [0.05, 0.1) is 5.69 Å². The molecule has 0 atom stereocenters. The quantitative estimate of drug-likeness (QED) is 0.688. The molecule has 1 aliphatic rings. The van der Waals surface area contributed by atoms with E-state index in [2.05, 4.69) is 46.4 Å². The first kappa shape index (κ1) is 17.6. The van der Waals surface area contributed by atoms with E-state index in [0.29, 0.717) is 5.82 Å². The Morgan fingerprint density at radius 3 is 2.48 bits per heavy atom. The molecule has 138 valence electrons. The van der Waals surface area contributed by atoms with E-state index in [1.54, 1.807) is 11.0 Å². The summed E-state index contributed by atoms with van der Waals surface area (Å²) in [6.07, 6.45) is 4.60. The third kappa shape index (κ3) is 3.97. The summed E-state index contributed by atoms with van der Waals surface area (Å²) in [6.45, 7) is 1.54. The number of halogens is 1. The smallest absolute Gasteiger partial charge is 0.227 e. The van der Waals surface area contributed by atoms with Crippen molar-refractivity contribution in [1.82, 2.24) is 25.0 Å². The van der Waals surface area contributed by atoms with E-state index < -0.39 is 0 Å². The Bertz CT molecular complexity index is 906. The summed E-state index contributed by atoms with van der Waals surface area (Å²) < 4.78 is 2.45. The van der Waals surface area contributed by atoms with Gasteiger partial charge in [-0.15, -0.1) is 10.2 Å². The van der Waals surface area contributed by atoms with Crippen LogP contribution in [0.4, 0.5) is 11.5 Å². The molecule has 9 heteroatoms. The van der Waals surface area contributed by atoms with E-state index in [0.717, 1.165) is 41.9 Å². The van der Waals surface area contributed by atoms with Crippen LogP contribution in [0.25, 0.3) is 5.82 Å². The van der Waals surface area contributed by atoms with Crippen LogP contribution in [0.15, 0.2) is 53.5 Å². The van der Waals surface area contributed by atoms with E-state index in [1.165, 1.54) is 6.33 Å². The molecule has 2 aromatic heterocycles. The summed E-state index contributed by atoms with van der Waals surface area (Å²) in [7, 11) is 0. The second kappa shape index (κ2) is 7.83. The minimum Gasteiger partial charge on any atom is -0.355 e. The van der Waals surface area contributed by atoms with Crippen LogP contribution in [0.1, 0.15) is 12.8 Å². The molecule has 0 saturated carbocycles. The van der Waals surface area contributed by atoms with Crippen LogP contribution in [0, 0.1) is 5.92 Å². The molecular formula is C18H18BrN7O. The molecule has 0 spiro atoms. The van der Waals surface area contributed by atoms with E-state index in [4.69, 9.17) is 0 Å². The number of carbonyl (C=O) groups is 1. The molecule has 1 fully saturated rings. The summed E-state index contributed by atoms with van der Waals surface area (Å²) in [5, 5.41) is 15.5. The lowest BCUT2D eigenvalue weighted by molar-refractivity contribution is -0.120. The van der Waals surface area contributed by atoms with Gasteiger partial charge < -0.3 is 10.2 Å². The van der Waals surface area contributed by atoms with Gasteiger partial charge in [-0.3, -0.25) is 4.79 Å². The molecule has 0 aliphatic carbocycles. The molecule has 1 aliphatic heterocycles. The average Bonchev–Trinajstić information content (AvgIpc) is 3.25. The average molecular weight is 428 g/mol. The first-order valence-electron chi connectivity index (χ1n) is 8.70. The van der Waals surface area contributed by atoms with Crippen molar-refractivity contribution in [3.05, 3.63) is 53.5 Å². The van der Waals surface area contributed by atoms with Gasteiger partial charge in [0.2, 0.25) is 5.91 Å². The molecule has 1 aromatic carbocycles. The van der Waals surface area contributed by atoms with Crippen LogP contribution in [0.2, 0.25) is 0 Å². The van der Waals surface area contributed by atoms with Crippen molar-refractivity contribution in [2.24, 2.45) is 5.92 Å². The number of para-hydroxylation sites is 1. The van der Waals surface area contributed by atoms with Crippen LogP contribution in [-0.4, -0.2) is 44.0 Å². The highest BCUT2D eigenvalue weighted by molar-refractivity contribution is 9.10. The largest absolute Gasteiger partial charge is 0.355 e. The van der Waals surface area contributed by atoms with E-state index >= 15 is 0 Å². The molecule has 1 saturated heterocycles. The molecule has 8 nitrogen and oxygen atoms in total. The summed E-state index contributed by atoms with van der Waals surface area (Å²) in [4.78, 5) is 18.6. The molecular weight excluding hydrogens is 410 g/mol. The van der Waals surface area contributed by atoms with Crippen LogP contribution >= 0.6 is 15.9 Å². The lowest BCUT2D eigenvalue weighted by Crippen LogP contribution is -2.38. The second-order valence-electron chi connectivity index (χ2n) is 6.32. The monoisotopic (exact) mass is 427 g/mol. The van der Waals surface area contributed by atoms with Gasteiger partial charge in [0.15, 0.2) is 11.6 Å². The zero-order chi connectivity index (χ0) is 18.6. The predicted octanol–water partition coefficient (Wildman–Crippen LogP) is 2.67.